The SMILES string of the molecule is CC1CC(NC2CCCc3cc(O)ccc32)CCN1C. The average molecular weight is 274 g/mol. The normalized spacial score (nSPS) is 31.0. The number of hydrogen-bond donors (Lipinski definition) is 2. The van der Waals surface area contributed by atoms with Crippen molar-refractivity contribution in [3.05, 3.63) is 29.3 Å². The summed E-state index contributed by atoms with van der Waals surface area (Å²) in [6, 6.07) is 7.66. The Bertz CT molecular complexity index is 474. The second-order valence-electron chi connectivity index (χ2n) is 6.55. The van der Waals surface area contributed by atoms with Crippen LogP contribution in [-0.2, 0) is 6.42 Å². The predicted molar refractivity (Wildman–Crippen MR) is 82.0 cm³/mol. The highest BCUT2D eigenvalue weighted by molar-refractivity contribution is 5.38. The van der Waals surface area contributed by atoms with Crippen LogP contribution in [0.25, 0.3) is 0 Å². The zero-order chi connectivity index (χ0) is 14.1. The van der Waals surface area contributed by atoms with Crippen molar-refractivity contribution in [1.82, 2.24) is 10.2 Å². The lowest BCUT2D eigenvalue weighted by Crippen LogP contribution is -2.46. The molecule has 1 heterocycles. The number of hydrogen-bond acceptors (Lipinski definition) is 3. The molecule has 0 bridgehead atoms. The molecule has 1 aliphatic carbocycles. The van der Waals surface area contributed by atoms with Crippen molar-refractivity contribution < 1.29 is 5.11 Å². The molecule has 3 atom stereocenters. The lowest BCUT2D eigenvalue weighted by molar-refractivity contribution is 0.160. The van der Waals surface area contributed by atoms with Gasteiger partial charge in [-0.2, -0.15) is 0 Å². The van der Waals surface area contributed by atoms with E-state index in [0.717, 1.165) is 6.42 Å². The first kappa shape index (κ1) is 13.9. The standard InChI is InChI=1S/C17H26N2O/c1-12-10-14(8-9-19(12)2)18-17-5-3-4-13-11-15(20)6-7-16(13)17/h6-7,11-12,14,17-18,20H,3-5,8-10H2,1-2H3. The van der Waals surface area contributed by atoms with Crippen molar-refractivity contribution in [2.24, 2.45) is 0 Å². The van der Waals surface area contributed by atoms with Crippen LogP contribution in [0.15, 0.2) is 18.2 Å². The molecule has 0 amide bonds. The maximum absolute atomic E-state index is 9.63. The quantitative estimate of drug-likeness (QED) is 0.870. The minimum Gasteiger partial charge on any atom is -0.508 e. The van der Waals surface area contributed by atoms with Crippen LogP contribution in [0.1, 0.15) is 49.8 Å². The summed E-state index contributed by atoms with van der Waals surface area (Å²) in [6.07, 6.45) is 6.02. The van der Waals surface area contributed by atoms with Gasteiger partial charge >= 0.3 is 0 Å². The van der Waals surface area contributed by atoms with Crippen LogP contribution >= 0.6 is 0 Å². The summed E-state index contributed by atoms with van der Waals surface area (Å²) in [5.41, 5.74) is 2.73. The van der Waals surface area contributed by atoms with E-state index in [0.29, 0.717) is 23.9 Å². The van der Waals surface area contributed by atoms with Gasteiger partial charge in [-0.05, 0) is 75.9 Å². The van der Waals surface area contributed by atoms with Gasteiger partial charge in [-0.25, -0.2) is 0 Å². The summed E-state index contributed by atoms with van der Waals surface area (Å²) in [5, 5.41) is 13.5. The van der Waals surface area contributed by atoms with E-state index in [4.69, 9.17) is 0 Å². The van der Waals surface area contributed by atoms with Gasteiger partial charge in [-0.3, -0.25) is 0 Å². The van der Waals surface area contributed by atoms with Gasteiger partial charge in [0, 0.05) is 18.1 Å². The molecule has 0 aromatic heterocycles. The van der Waals surface area contributed by atoms with Crippen LogP contribution in [0.4, 0.5) is 0 Å². The molecule has 1 saturated heterocycles. The number of nitrogens with one attached hydrogen (secondary N) is 1. The van der Waals surface area contributed by atoms with Crippen LogP contribution in [0.3, 0.4) is 0 Å². The highest BCUT2D eigenvalue weighted by atomic mass is 16.3. The monoisotopic (exact) mass is 274 g/mol. The molecule has 3 unspecified atom stereocenters. The second-order valence-corrected chi connectivity index (χ2v) is 6.55. The molecule has 3 heteroatoms. The molecule has 0 spiro atoms. The van der Waals surface area contributed by atoms with Crippen LogP contribution in [0.5, 0.6) is 5.75 Å². The van der Waals surface area contributed by atoms with E-state index in [9.17, 15) is 5.11 Å². The molecule has 20 heavy (non-hydrogen) atoms. The number of nitrogens with zero attached hydrogens (tertiary/aromatic N) is 1. The van der Waals surface area contributed by atoms with E-state index in [1.807, 2.05) is 12.1 Å². The van der Waals surface area contributed by atoms with E-state index in [2.05, 4.69) is 30.3 Å². The van der Waals surface area contributed by atoms with E-state index in [1.54, 1.807) is 0 Å². The van der Waals surface area contributed by atoms with Crippen molar-refractivity contribution in [2.75, 3.05) is 13.6 Å². The third-order valence-electron chi connectivity index (χ3n) is 5.09. The number of benzene rings is 1. The number of fused-ring (bicyclic) bond motifs is 1. The van der Waals surface area contributed by atoms with Gasteiger partial charge in [0.1, 0.15) is 5.75 Å². The summed E-state index contributed by atoms with van der Waals surface area (Å²) in [5.74, 6) is 0.400. The first-order chi connectivity index (χ1) is 9.63. The maximum atomic E-state index is 9.63. The fourth-order valence-corrected chi connectivity index (χ4v) is 3.70. The minimum absolute atomic E-state index is 0.400. The number of piperidine rings is 1. The van der Waals surface area contributed by atoms with E-state index in [1.165, 1.54) is 43.4 Å². The Morgan fingerprint density at radius 3 is 2.95 bits per heavy atom. The van der Waals surface area contributed by atoms with Gasteiger partial charge in [0.05, 0.1) is 0 Å². The molecule has 0 saturated carbocycles. The van der Waals surface area contributed by atoms with E-state index < -0.39 is 0 Å². The highest BCUT2D eigenvalue weighted by Gasteiger charge is 2.27. The number of phenols is 1. The fraction of sp³-hybridized carbons (Fsp3) is 0.647. The summed E-state index contributed by atoms with van der Waals surface area (Å²) in [4.78, 5) is 2.45. The molecule has 2 N–H and O–H groups in total. The molecule has 110 valence electrons. The summed E-state index contributed by atoms with van der Waals surface area (Å²) in [6.45, 7) is 3.51. The number of aryl methyl sites for hydroxylation is 1. The maximum Gasteiger partial charge on any atom is 0.115 e. The molecule has 1 aromatic carbocycles. The van der Waals surface area contributed by atoms with Crippen molar-refractivity contribution in [3.63, 3.8) is 0 Å². The third-order valence-corrected chi connectivity index (χ3v) is 5.09. The minimum atomic E-state index is 0.400. The molecular formula is C17H26N2O. The Balaban J connectivity index is 1.70. The first-order valence-corrected chi connectivity index (χ1v) is 7.91. The van der Waals surface area contributed by atoms with Gasteiger partial charge in [0.15, 0.2) is 0 Å². The summed E-state index contributed by atoms with van der Waals surface area (Å²) < 4.78 is 0. The fourth-order valence-electron chi connectivity index (χ4n) is 3.70. The molecule has 1 aromatic rings. The van der Waals surface area contributed by atoms with Gasteiger partial charge in [0.2, 0.25) is 0 Å². The predicted octanol–water partition coefficient (Wildman–Crippen LogP) is 2.84. The number of phenolic OH excluding ortho intramolecular Hbond substituents is 1. The molecule has 1 aliphatic heterocycles. The first-order valence-electron chi connectivity index (χ1n) is 7.91. The molecule has 1 fully saturated rings. The van der Waals surface area contributed by atoms with Crippen molar-refractivity contribution in [1.29, 1.82) is 0 Å². The lowest BCUT2D eigenvalue weighted by Gasteiger charge is -2.38. The van der Waals surface area contributed by atoms with Crippen molar-refractivity contribution >= 4 is 0 Å². The average Bonchev–Trinajstić information content (AvgIpc) is 2.43. The second kappa shape index (κ2) is 5.74. The van der Waals surface area contributed by atoms with Gasteiger partial charge in [-0.1, -0.05) is 6.07 Å². The topological polar surface area (TPSA) is 35.5 Å². The number of aromatic hydroxyl groups is 1. The number of rotatable bonds is 2. The largest absolute Gasteiger partial charge is 0.508 e. The van der Waals surface area contributed by atoms with Crippen LogP contribution in [-0.4, -0.2) is 35.7 Å². The molecular weight excluding hydrogens is 248 g/mol. The lowest BCUT2D eigenvalue weighted by atomic mass is 9.86. The van der Waals surface area contributed by atoms with Gasteiger partial charge < -0.3 is 15.3 Å². The van der Waals surface area contributed by atoms with Crippen LogP contribution in [0, 0.1) is 0 Å². The van der Waals surface area contributed by atoms with Crippen molar-refractivity contribution in [3.8, 4) is 5.75 Å². The Kier molecular flexibility index (Phi) is 3.99. The van der Waals surface area contributed by atoms with Crippen LogP contribution in [0.2, 0.25) is 0 Å². The van der Waals surface area contributed by atoms with Gasteiger partial charge in [0.25, 0.3) is 0 Å². The Morgan fingerprint density at radius 1 is 1.30 bits per heavy atom. The molecule has 2 aliphatic rings. The van der Waals surface area contributed by atoms with E-state index in [-0.39, 0.29) is 0 Å². The Hall–Kier alpha value is -1.06. The Labute approximate surface area is 122 Å². The smallest absolute Gasteiger partial charge is 0.115 e. The number of likely N-dealkylation sites (tertiary alicyclic amines) is 1. The van der Waals surface area contributed by atoms with Gasteiger partial charge in [-0.15, -0.1) is 0 Å². The summed E-state index contributed by atoms with van der Waals surface area (Å²) in [7, 11) is 2.22. The van der Waals surface area contributed by atoms with Crippen LogP contribution < -0.4 is 5.32 Å². The third kappa shape index (κ3) is 2.84. The molecule has 0 radical (unpaired) electrons. The highest BCUT2D eigenvalue weighted by Crippen LogP contribution is 2.33. The summed E-state index contributed by atoms with van der Waals surface area (Å²) >= 11 is 0. The van der Waals surface area contributed by atoms with E-state index >= 15 is 0 Å². The molecule has 3 rings (SSSR count). The molecule has 3 nitrogen and oxygen atoms in total. The Morgan fingerprint density at radius 2 is 2.15 bits per heavy atom. The van der Waals surface area contributed by atoms with Crippen molar-refractivity contribution in [2.45, 2.75) is 57.2 Å². The zero-order valence-corrected chi connectivity index (χ0v) is 12.6. The zero-order valence-electron chi connectivity index (χ0n) is 12.6.